The predicted octanol–water partition coefficient (Wildman–Crippen LogP) is 6.53. The van der Waals surface area contributed by atoms with Crippen LogP contribution in [-0.2, 0) is 16.2 Å². The van der Waals surface area contributed by atoms with Gasteiger partial charge in [-0.15, -0.1) is 0 Å². The van der Waals surface area contributed by atoms with Crippen molar-refractivity contribution in [3.63, 3.8) is 0 Å². The van der Waals surface area contributed by atoms with Crippen molar-refractivity contribution in [2.45, 2.75) is 20.0 Å². The standard InChI is InChI=1S/C25H20BrCl3N2O4/c1-2-34-18-8-15(10-30-31-24(32)19-12-3-4-13(7-12)20(19)25(31)33)21(26)22(29)23(18)35-11-14-5-6-16(27)9-17(14)28/h3-6,8-10,12-13,19-20H,2,7,11H2,1H3/t12-,13-,19-,20+/m0/s1. The molecule has 2 aromatic rings. The molecule has 182 valence electrons. The second-order valence-electron chi connectivity index (χ2n) is 8.61. The minimum absolute atomic E-state index is 0.123. The van der Waals surface area contributed by atoms with Gasteiger partial charge >= 0.3 is 0 Å². The van der Waals surface area contributed by atoms with Crippen LogP contribution < -0.4 is 9.47 Å². The highest BCUT2D eigenvalue weighted by molar-refractivity contribution is 9.10. The van der Waals surface area contributed by atoms with Gasteiger partial charge in [0, 0.05) is 25.6 Å². The molecule has 2 amide bonds. The Bertz CT molecular complexity index is 1250. The van der Waals surface area contributed by atoms with Crippen LogP contribution in [0.25, 0.3) is 0 Å². The number of nitrogens with zero attached hydrogens (tertiary/aromatic N) is 2. The minimum Gasteiger partial charge on any atom is -0.490 e. The van der Waals surface area contributed by atoms with Crippen LogP contribution in [0.4, 0.5) is 0 Å². The van der Waals surface area contributed by atoms with Gasteiger partial charge in [0.1, 0.15) is 11.6 Å². The van der Waals surface area contributed by atoms with Crippen molar-refractivity contribution in [2.24, 2.45) is 28.8 Å². The Morgan fingerprint density at radius 1 is 1.09 bits per heavy atom. The summed E-state index contributed by atoms with van der Waals surface area (Å²) in [7, 11) is 0. The van der Waals surface area contributed by atoms with E-state index in [0.717, 1.165) is 17.0 Å². The van der Waals surface area contributed by atoms with Crippen LogP contribution in [-0.4, -0.2) is 29.6 Å². The molecule has 1 heterocycles. The lowest BCUT2D eigenvalue weighted by atomic mass is 9.85. The maximum Gasteiger partial charge on any atom is 0.254 e. The summed E-state index contributed by atoms with van der Waals surface area (Å²) in [5.41, 5.74) is 1.27. The van der Waals surface area contributed by atoms with Crippen molar-refractivity contribution in [3.05, 3.63) is 67.1 Å². The first-order valence-corrected chi connectivity index (χ1v) is 13.0. The molecular weight excluding hydrogens is 579 g/mol. The molecule has 1 saturated carbocycles. The Morgan fingerprint density at radius 2 is 1.77 bits per heavy atom. The molecule has 0 spiro atoms. The summed E-state index contributed by atoms with van der Waals surface area (Å²) in [4.78, 5) is 25.8. The van der Waals surface area contributed by atoms with Crippen LogP contribution in [0.15, 0.2) is 46.0 Å². The second-order valence-corrected chi connectivity index (χ2v) is 10.6. The fourth-order valence-corrected chi connectivity index (χ4v) is 6.12. The number of ether oxygens (including phenoxy) is 2. The first-order chi connectivity index (χ1) is 16.8. The predicted molar refractivity (Wildman–Crippen MR) is 138 cm³/mol. The lowest BCUT2D eigenvalue weighted by Gasteiger charge is -2.17. The summed E-state index contributed by atoms with van der Waals surface area (Å²) in [6.45, 7) is 2.35. The molecule has 6 nitrogen and oxygen atoms in total. The molecule has 10 heteroatoms. The van der Waals surface area contributed by atoms with Crippen LogP contribution >= 0.6 is 50.7 Å². The number of hydrogen-bond donors (Lipinski definition) is 0. The number of carbonyl (C=O) groups is 2. The Kier molecular flexibility index (Phi) is 6.87. The first kappa shape index (κ1) is 24.6. The van der Waals surface area contributed by atoms with E-state index in [9.17, 15) is 9.59 Å². The quantitative estimate of drug-likeness (QED) is 0.207. The number of benzene rings is 2. The number of allylic oxidation sites excluding steroid dienone is 2. The molecule has 1 aliphatic heterocycles. The van der Waals surface area contributed by atoms with Crippen molar-refractivity contribution in [1.29, 1.82) is 0 Å². The summed E-state index contributed by atoms with van der Waals surface area (Å²) in [5, 5.41) is 6.51. The summed E-state index contributed by atoms with van der Waals surface area (Å²) >= 11 is 22.3. The van der Waals surface area contributed by atoms with E-state index in [1.165, 1.54) is 6.21 Å². The van der Waals surface area contributed by atoms with E-state index in [4.69, 9.17) is 44.3 Å². The third-order valence-corrected chi connectivity index (χ3v) is 8.63. The SMILES string of the molecule is CCOc1cc(C=NN2C(=O)[C@@H]3[C@H](C2=O)[C@H]2C=C[C@H]3C2)c(Br)c(Cl)c1OCc1ccc(Cl)cc1Cl. The van der Waals surface area contributed by atoms with Gasteiger partial charge < -0.3 is 9.47 Å². The zero-order chi connectivity index (χ0) is 24.9. The van der Waals surface area contributed by atoms with Gasteiger partial charge in [0.2, 0.25) is 0 Å². The van der Waals surface area contributed by atoms with E-state index >= 15 is 0 Å². The van der Waals surface area contributed by atoms with Crippen LogP contribution in [0.1, 0.15) is 24.5 Å². The average Bonchev–Trinajstić information content (AvgIpc) is 3.50. The first-order valence-electron chi connectivity index (χ1n) is 11.1. The van der Waals surface area contributed by atoms with Gasteiger partial charge in [-0.2, -0.15) is 10.1 Å². The highest BCUT2D eigenvalue weighted by Gasteiger charge is 2.59. The second kappa shape index (κ2) is 9.77. The van der Waals surface area contributed by atoms with Crippen molar-refractivity contribution >= 4 is 68.8 Å². The third-order valence-electron chi connectivity index (χ3n) is 6.60. The van der Waals surface area contributed by atoms with E-state index in [1.807, 2.05) is 19.1 Å². The Hall–Kier alpha value is -2.06. The smallest absolute Gasteiger partial charge is 0.254 e. The lowest BCUT2D eigenvalue weighted by molar-refractivity contribution is -0.140. The summed E-state index contributed by atoms with van der Waals surface area (Å²) < 4.78 is 12.2. The van der Waals surface area contributed by atoms with E-state index in [-0.39, 0.29) is 47.1 Å². The Labute approximate surface area is 225 Å². The topological polar surface area (TPSA) is 68.2 Å². The number of hydrazone groups is 1. The zero-order valence-electron chi connectivity index (χ0n) is 18.5. The van der Waals surface area contributed by atoms with E-state index in [0.29, 0.717) is 38.2 Å². The van der Waals surface area contributed by atoms with Gasteiger partial charge in [0.25, 0.3) is 11.8 Å². The van der Waals surface area contributed by atoms with Gasteiger partial charge in [0.15, 0.2) is 11.5 Å². The third kappa shape index (κ3) is 4.37. The lowest BCUT2D eigenvalue weighted by Crippen LogP contribution is -2.28. The van der Waals surface area contributed by atoms with Crippen LogP contribution in [0.3, 0.4) is 0 Å². The zero-order valence-corrected chi connectivity index (χ0v) is 22.4. The van der Waals surface area contributed by atoms with Crippen molar-refractivity contribution in [2.75, 3.05) is 6.61 Å². The van der Waals surface area contributed by atoms with Gasteiger partial charge in [-0.25, -0.2) is 0 Å². The van der Waals surface area contributed by atoms with Gasteiger partial charge in [-0.3, -0.25) is 9.59 Å². The molecule has 0 radical (unpaired) electrons. The summed E-state index contributed by atoms with van der Waals surface area (Å²) in [6, 6.07) is 6.83. The van der Waals surface area contributed by atoms with Crippen LogP contribution in [0, 0.1) is 23.7 Å². The normalized spacial score (nSPS) is 24.7. The molecule has 2 aliphatic carbocycles. The molecule has 35 heavy (non-hydrogen) atoms. The van der Waals surface area contributed by atoms with Crippen molar-refractivity contribution in [3.8, 4) is 11.5 Å². The average molecular weight is 599 g/mol. The number of hydrogen-bond acceptors (Lipinski definition) is 5. The molecular formula is C25H20BrCl3N2O4. The summed E-state index contributed by atoms with van der Waals surface area (Å²) in [6.07, 6.45) is 6.40. The van der Waals surface area contributed by atoms with Gasteiger partial charge in [0.05, 0.1) is 24.7 Å². The molecule has 2 fully saturated rings. The molecule has 3 aliphatic rings. The Balaban J connectivity index is 1.40. The molecule has 2 aromatic carbocycles. The van der Waals surface area contributed by atoms with E-state index < -0.39 is 0 Å². The monoisotopic (exact) mass is 596 g/mol. The number of carbonyl (C=O) groups excluding carboxylic acids is 2. The van der Waals surface area contributed by atoms with E-state index in [1.54, 1.807) is 24.3 Å². The van der Waals surface area contributed by atoms with Gasteiger partial charge in [-0.1, -0.05) is 53.0 Å². The number of imide groups is 1. The molecule has 0 aromatic heterocycles. The largest absolute Gasteiger partial charge is 0.490 e. The number of rotatable bonds is 7. The highest BCUT2D eigenvalue weighted by Crippen LogP contribution is 2.52. The minimum atomic E-state index is -0.309. The fourth-order valence-electron chi connectivity index (χ4n) is 5.00. The highest BCUT2D eigenvalue weighted by atomic mass is 79.9. The Morgan fingerprint density at radius 3 is 2.40 bits per heavy atom. The maximum atomic E-state index is 12.9. The fraction of sp³-hybridized carbons (Fsp3) is 0.320. The molecule has 4 atom stereocenters. The number of halogens is 4. The van der Waals surface area contributed by atoms with Crippen LogP contribution in [0.2, 0.25) is 15.1 Å². The number of fused-ring (bicyclic) bond motifs is 5. The van der Waals surface area contributed by atoms with Gasteiger partial charge in [-0.05, 0) is 59.3 Å². The molecule has 2 bridgehead atoms. The van der Waals surface area contributed by atoms with Crippen molar-refractivity contribution in [1.82, 2.24) is 5.01 Å². The van der Waals surface area contributed by atoms with Crippen LogP contribution in [0.5, 0.6) is 11.5 Å². The number of amides is 2. The molecule has 5 rings (SSSR count). The molecule has 0 unspecified atom stereocenters. The van der Waals surface area contributed by atoms with Crippen molar-refractivity contribution < 1.29 is 19.1 Å². The maximum absolute atomic E-state index is 12.9. The van der Waals surface area contributed by atoms with E-state index in [2.05, 4.69) is 21.0 Å². The molecule has 1 saturated heterocycles. The summed E-state index contributed by atoms with van der Waals surface area (Å²) in [5.74, 6) is -0.150. The molecule has 0 N–H and O–H groups in total.